The number of anilines is 4. The number of nitrogens with one attached hydrogen (secondary N) is 1. The van der Waals surface area contributed by atoms with Gasteiger partial charge in [0.05, 0.1) is 23.3 Å². The molecule has 3 aliphatic rings. The van der Waals surface area contributed by atoms with Gasteiger partial charge in [-0.15, -0.1) is 0 Å². The minimum Gasteiger partial charge on any atom is -0.371 e. The smallest absolute Gasteiger partial charge is 0.371 e. The van der Waals surface area contributed by atoms with Gasteiger partial charge in [-0.2, -0.15) is 13.2 Å². The van der Waals surface area contributed by atoms with E-state index in [1.807, 2.05) is 18.2 Å². The zero-order valence-electron chi connectivity index (χ0n) is 17.0. The molecule has 3 aliphatic heterocycles. The second-order valence-electron chi connectivity index (χ2n) is 8.40. The van der Waals surface area contributed by atoms with Crippen molar-refractivity contribution in [3.8, 4) is 0 Å². The van der Waals surface area contributed by atoms with Gasteiger partial charge in [0.25, 0.3) is 0 Å². The molecule has 0 unspecified atom stereocenters. The zero-order valence-corrected chi connectivity index (χ0v) is 17.0. The van der Waals surface area contributed by atoms with Crippen LogP contribution in [0.3, 0.4) is 0 Å². The predicted molar refractivity (Wildman–Crippen MR) is 114 cm³/mol. The van der Waals surface area contributed by atoms with E-state index < -0.39 is 12.1 Å². The molecule has 2 saturated heterocycles. The zero-order chi connectivity index (χ0) is 21.6. The first-order valence-corrected chi connectivity index (χ1v) is 10.6. The number of halogens is 3. The highest BCUT2D eigenvalue weighted by atomic mass is 19.4. The molecule has 31 heavy (non-hydrogen) atoms. The summed E-state index contributed by atoms with van der Waals surface area (Å²) in [5.41, 5.74) is 2.41. The summed E-state index contributed by atoms with van der Waals surface area (Å²) in [6, 6.07) is 10.7. The van der Waals surface area contributed by atoms with E-state index >= 15 is 0 Å². The number of nitrogens with zero attached hydrogens (tertiary/aromatic N) is 4. The minimum atomic E-state index is -4.19. The van der Waals surface area contributed by atoms with E-state index in [-0.39, 0.29) is 25.0 Å². The fraction of sp³-hybridized carbons (Fsp3) is 0.455. The Morgan fingerprint density at radius 1 is 1.03 bits per heavy atom. The normalized spacial score (nSPS) is 23.0. The van der Waals surface area contributed by atoms with Crippen molar-refractivity contribution in [1.82, 2.24) is 4.98 Å². The molecule has 6 nitrogen and oxygen atoms in total. The summed E-state index contributed by atoms with van der Waals surface area (Å²) in [6.45, 7) is 2.14. The Bertz CT molecular complexity index is 967. The number of urea groups is 1. The van der Waals surface area contributed by atoms with E-state index in [0.29, 0.717) is 18.8 Å². The number of hydrogen-bond donors (Lipinski definition) is 1. The molecule has 0 saturated carbocycles. The van der Waals surface area contributed by atoms with Crippen molar-refractivity contribution in [3.63, 3.8) is 0 Å². The first-order valence-electron chi connectivity index (χ1n) is 10.6. The van der Waals surface area contributed by atoms with E-state index in [9.17, 15) is 18.0 Å². The summed E-state index contributed by atoms with van der Waals surface area (Å²) < 4.78 is 39.9. The maximum absolute atomic E-state index is 13.3. The number of hydrogen-bond acceptors (Lipinski definition) is 4. The van der Waals surface area contributed by atoms with Crippen molar-refractivity contribution in [2.45, 2.75) is 31.5 Å². The minimum absolute atomic E-state index is 0.0238. The lowest BCUT2D eigenvalue weighted by Gasteiger charge is -2.39. The monoisotopic (exact) mass is 431 g/mol. The standard InChI is InChI=1S/C22H24F3N5O/c23-22(24,25)15-4-3-10-28(13-15)16-6-7-18-19(12-16)30(17-8-11-29(18)14-17)21(31)27-20-5-1-2-9-26-20/h1-2,5-7,9,12,15,17H,3-4,8,10-11,13-14H2,(H,26,27,31)/t15-,17-/m0/s1. The highest BCUT2D eigenvalue weighted by Crippen LogP contribution is 2.43. The van der Waals surface area contributed by atoms with Gasteiger partial charge in [-0.3, -0.25) is 10.2 Å². The molecule has 9 heteroatoms. The lowest BCUT2D eigenvalue weighted by molar-refractivity contribution is -0.175. The molecule has 2 aromatic rings. The fourth-order valence-corrected chi connectivity index (χ4v) is 4.90. The van der Waals surface area contributed by atoms with Crippen molar-refractivity contribution >= 4 is 28.9 Å². The maximum atomic E-state index is 13.3. The van der Waals surface area contributed by atoms with Gasteiger partial charge in [0.15, 0.2) is 0 Å². The number of fused-ring (bicyclic) bond motifs is 4. The van der Waals surface area contributed by atoms with Crippen LogP contribution in [0.1, 0.15) is 19.3 Å². The molecule has 4 heterocycles. The third kappa shape index (κ3) is 3.77. The summed E-state index contributed by atoms with van der Waals surface area (Å²) in [4.78, 5) is 23.1. The van der Waals surface area contributed by atoms with Crippen LogP contribution in [0.5, 0.6) is 0 Å². The van der Waals surface area contributed by atoms with Crippen LogP contribution >= 0.6 is 0 Å². The maximum Gasteiger partial charge on any atom is 0.393 e. The number of aromatic nitrogens is 1. The molecule has 1 aromatic heterocycles. The van der Waals surface area contributed by atoms with Crippen LogP contribution in [0.4, 0.5) is 40.8 Å². The summed E-state index contributed by atoms with van der Waals surface area (Å²) >= 11 is 0. The van der Waals surface area contributed by atoms with Crippen LogP contribution in [-0.2, 0) is 0 Å². The Kier molecular flexibility index (Phi) is 4.91. The van der Waals surface area contributed by atoms with Crippen molar-refractivity contribution in [2.75, 3.05) is 46.2 Å². The van der Waals surface area contributed by atoms with E-state index in [1.54, 1.807) is 34.2 Å². The number of rotatable bonds is 2. The van der Waals surface area contributed by atoms with Crippen LogP contribution in [0.25, 0.3) is 0 Å². The van der Waals surface area contributed by atoms with Crippen LogP contribution in [0.15, 0.2) is 42.6 Å². The Morgan fingerprint density at radius 2 is 1.90 bits per heavy atom. The SMILES string of the molecule is O=C(Nc1ccccn1)N1c2cc(N3CCC[C@H](C(F)(F)F)C3)ccc2N2CC[C@H]1C2. The van der Waals surface area contributed by atoms with Gasteiger partial charge in [-0.1, -0.05) is 6.07 Å². The Balaban J connectivity index is 1.45. The molecule has 0 radical (unpaired) electrons. The number of carbonyl (C=O) groups is 1. The molecule has 2 amide bonds. The van der Waals surface area contributed by atoms with Crippen LogP contribution < -0.4 is 20.0 Å². The van der Waals surface area contributed by atoms with Gasteiger partial charge in [-0.25, -0.2) is 9.78 Å². The highest BCUT2D eigenvalue weighted by molar-refractivity contribution is 6.05. The molecular weight excluding hydrogens is 407 g/mol. The Labute approximate surface area is 178 Å². The van der Waals surface area contributed by atoms with Crippen molar-refractivity contribution in [1.29, 1.82) is 0 Å². The van der Waals surface area contributed by atoms with Gasteiger partial charge < -0.3 is 9.80 Å². The number of piperidine rings is 1. The van der Waals surface area contributed by atoms with Gasteiger partial charge >= 0.3 is 12.2 Å². The number of carbonyl (C=O) groups excluding carboxylic acids is 1. The second kappa shape index (κ2) is 7.62. The molecule has 1 N–H and O–H groups in total. The van der Waals surface area contributed by atoms with E-state index in [4.69, 9.17) is 0 Å². The fourth-order valence-electron chi connectivity index (χ4n) is 4.90. The first-order chi connectivity index (χ1) is 14.9. The van der Waals surface area contributed by atoms with Crippen LogP contribution in [-0.4, -0.2) is 49.4 Å². The van der Waals surface area contributed by atoms with Gasteiger partial charge in [-0.05, 0) is 49.6 Å². The number of amides is 2. The molecule has 2 atom stereocenters. The Hall–Kier alpha value is -2.97. The molecule has 0 spiro atoms. The lowest BCUT2D eigenvalue weighted by Crippen LogP contribution is -2.48. The number of alkyl halides is 3. The van der Waals surface area contributed by atoms with Gasteiger partial charge in [0, 0.05) is 38.1 Å². The van der Waals surface area contributed by atoms with E-state index in [1.165, 1.54) is 0 Å². The number of benzene rings is 1. The molecular formula is C22H24F3N5O. The van der Waals surface area contributed by atoms with Crippen molar-refractivity contribution < 1.29 is 18.0 Å². The average molecular weight is 431 g/mol. The molecule has 2 fully saturated rings. The molecule has 164 valence electrons. The summed E-state index contributed by atoms with van der Waals surface area (Å²) in [5, 5.41) is 2.86. The van der Waals surface area contributed by atoms with Crippen LogP contribution in [0.2, 0.25) is 0 Å². The second-order valence-corrected chi connectivity index (χ2v) is 8.40. The summed E-state index contributed by atoms with van der Waals surface area (Å²) in [5.74, 6) is -0.851. The molecule has 2 bridgehead atoms. The van der Waals surface area contributed by atoms with E-state index in [0.717, 1.165) is 36.6 Å². The third-order valence-electron chi connectivity index (χ3n) is 6.46. The van der Waals surface area contributed by atoms with Crippen molar-refractivity contribution in [3.05, 3.63) is 42.6 Å². The van der Waals surface area contributed by atoms with Gasteiger partial charge in [0.1, 0.15) is 5.82 Å². The molecule has 5 rings (SSSR count). The summed E-state index contributed by atoms with van der Waals surface area (Å²) in [7, 11) is 0. The largest absolute Gasteiger partial charge is 0.393 e. The molecule has 1 aromatic carbocycles. The quantitative estimate of drug-likeness (QED) is 0.761. The van der Waals surface area contributed by atoms with Crippen LogP contribution in [0, 0.1) is 5.92 Å². The summed E-state index contributed by atoms with van der Waals surface area (Å²) in [6.07, 6.45) is -1.06. The molecule has 0 aliphatic carbocycles. The predicted octanol–water partition coefficient (Wildman–Crippen LogP) is 4.49. The first kappa shape index (κ1) is 20.0. The Morgan fingerprint density at radius 3 is 2.68 bits per heavy atom. The van der Waals surface area contributed by atoms with Crippen molar-refractivity contribution in [2.24, 2.45) is 5.92 Å². The third-order valence-corrected chi connectivity index (χ3v) is 6.46. The van der Waals surface area contributed by atoms with E-state index in [2.05, 4.69) is 15.2 Å². The topological polar surface area (TPSA) is 51.7 Å². The van der Waals surface area contributed by atoms with Gasteiger partial charge in [0.2, 0.25) is 0 Å². The number of pyridine rings is 1. The average Bonchev–Trinajstić information content (AvgIpc) is 3.18. The highest BCUT2D eigenvalue weighted by Gasteiger charge is 2.43. The lowest BCUT2D eigenvalue weighted by atomic mass is 9.96.